The van der Waals surface area contributed by atoms with Gasteiger partial charge in [0.05, 0.1) is 6.61 Å². The third kappa shape index (κ3) is 3.31. The molecule has 110 valence electrons. The molecular formula is C16H23NO3. The molecule has 0 unspecified atom stereocenters. The number of methoxy groups -OCH3 is 1. The molecule has 2 rings (SSSR count). The zero-order chi connectivity index (χ0) is 14.6. The van der Waals surface area contributed by atoms with Gasteiger partial charge in [0, 0.05) is 24.6 Å². The fourth-order valence-corrected chi connectivity index (χ4v) is 2.97. The molecule has 1 saturated carbocycles. The predicted molar refractivity (Wildman–Crippen MR) is 78.0 cm³/mol. The van der Waals surface area contributed by atoms with Crippen molar-refractivity contribution in [1.29, 1.82) is 0 Å². The van der Waals surface area contributed by atoms with Gasteiger partial charge in [0.1, 0.15) is 5.75 Å². The Morgan fingerprint density at radius 1 is 1.40 bits per heavy atom. The average molecular weight is 277 g/mol. The van der Waals surface area contributed by atoms with Crippen LogP contribution in [0.3, 0.4) is 0 Å². The highest BCUT2D eigenvalue weighted by Crippen LogP contribution is 2.37. The molecule has 0 atom stereocenters. The number of phenols is 1. The second kappa shape index (κ2) is 6.27. The van der Waals surface area contributed by atoms with Gasteiger partial charge in [0.15, 0.2) is 0 Å². The van der Waals surface area contributed by atoms with E-state index in [-0.39, 0.29) is 17.1 Å². The number of hydrogen-bond acceptors (Lipinski definition) is 3. The van der Waals surface area contributed by atoms with Crippen LogP contribution in [0.25, 0.3) is 0 Å². The minimum Gasteiger partial charge on any atom is -0.508 e. The van der Waals surface area contributed by atoms with E-state index in [4.69, 9.17) is 4.74 Å². The molecule has 1 fully saturated rings. The third-order valence-electron chi connectivity index (χ3n) is 4.20. The van der Waals surface area contributed by atoms with Crippen molar-refractivity contribution in [2.45, 2.75) is 32.6 Å². The van der Waals surface area contributed by atoms with Gasteiger partial charge in [0.2, 0.25) is 0 Å². The fourth-order valence-electron chi connectivity index (χ4n) is 2.97. The van der Waals surface area contributed by atoms with Crippen molar-refractivity contribution < 1.29 is 14.6 Å². The van der Waals surface area contributed by atoms with Gasteiger partial charge in [-0.05, 0) is 43.5 Å². The summed E-state index contributed by atoms with van der Waals surface area (Å²) in [5.41, 5.74) is 1.40. The SMILES string of the molecule is COCC1(CNC(=O)c2ccc(O)c(C)c2)CCCC1. The summed E-state index contributed by atoms with van der Waals surface area (Å²) >= 11 is 0. The number of amides is 1. The first-order valence-electron chi connectivity index (χ1n) is 7.13. The molecule has 4 heteroatoms. The lowest BCUT2D eigenvalue weighted by atomic mass is 9.87. The highest BCUT2D eigenvalue weighted by atomic mass is 16.5. The zero-order valence-corrected chi connectivity index (χ0v) is 12.2. The molecule has 0 spiro atoms. The van der Waals surface area contributed by atoms with Gasteiger partial charge in [0.25, 0.3) is 5.91 Å². The normalized spacial score (nSPS) is 17.1. The summed E-state index contributed by atoms with van der Waals surface area (Å²) < 4.78 is 5.32. The molecule has 4 nitrogen and oxygen atoms in total. The van der Waals surface area contributed by atoms with E-state index >= 15 is 0 Å². The van der Waals surface area contributed by atoms with Gasteiger partial charge in [-0.2, -0.15) is 0 Å². The minimum atomic E-state index is -0.0875. The molecule has 2 N–H and O–H groups in total. The predicted octanol–water partition coefficient (Wildman–Crippen LogP) is 2.64. The maximum absolute atomic E-state index is 12.2. The van der Waals surface area contributed by atoms with Gasteiger partial charge in [-0.15, -0.1) is 0 Å². The minimum absolute atomic E-state index is 0.0875. The molecule has 20 heavy (non-hydrogen) atoms. The van der Waals surface area contributed by atoms with E-state index in [9.17, 15) is 9.90 Å². The summed E-state index contributed by atoms with van der Waals surface area (Å²) in [7, 11) is 1.71. The molecule has 0 aromatic heterocycles. The van der Waals surface area contributed by atoms with E-state index < -0.39 is 0 Å². The van der Waals surface area contributed by atoms with Crippen molar-refractivity contribution in [1.82, 2.24) is 5.32 Å². The van der Waals surface area contributed by atoms with Crippen molar-refractivity contribution in [2.24, 2.45) is 5.41 Å². The van der Waals surface area contributed by atoms with Gasteiger partial charge in [-0.3, -0.25) is 4.79 Å². The lowest BCUT2D eigenvalue weighted by molar-refractivity contribution is 0.0740. The lowest BCUT2D eigenvalue weighted by Crippen LogP contribution is -2.38. The van der Waals surface area contributed by atoms with Crippen LogP contribution < -0.4 is 5.32 Å². The maximum Gasteiger partial charge on any atom is 0.251 e. The lowest BCUT2D eigenvalue weighted by Gasteiger charge is -2.28. The second-order valence-electron chi connectivity index (χ2n) is 5.82. The molecule has 0 saturated heterocycles. The van der Waals surface area contributed by atoms with Crippen LogP contribution in [0, 0.1) is 12.3 Å². The summed E-state index contributed by atoms with van der Waals surface area (Å²) in [6, 6.07) is 4.92. The summed E-state index contributed by atoms with van der Waals surface area (Å²) in [6.07, 6.45) is 4.63. The third-order valence-corrected chi connectivity index (χ3v) is 4.20. The molecule has 0 heterocycles. The van der Waals surface area contributed by atoms with Crippen LogP contribution in [0.1, 0.15) is 41.6 Å². The van der Waals surface area contributed by atoms with Gasteiger partial charge in [-0.25, -0.2) is 0 Å². The number of nitrogens with one attached hydrogen (secondary N) is 1. The van der Waals surface area contributed by atoms with Crippen LogP contribution in [0.5, 0.6) is 5.75 Å². The van der Waals surface area contributed by atoms with Crippen LogP contribution >= 0.6 is 0 Å². The van der Waals surface area contributed by atoms with Crippen molar-refractivity contribution in [3.05, 3.63) is 29.3 Å². The first-order chi connectivity index (χ1) is 9.56. The Balaban J connectivity index is 1.98. The van der Waals surface area contributed by atoms with Crippen LogP contribution in [-0.2, 0) is 4.74 Å². The number of hydrogen-bond donors (Lipinski definition) is 2. The van der Waals surface area contributed by atoms with E-state index in [1.807, 2.05) is 0 Å². The number of carbonyl (C=O) groups is 1. The topological polar surface area (TPSA) is 58.6 Å². The average Bonchev–Trinajstić information content (AvgIpc) is 2.89. The van der Waals surface area contributed by atoms with Gasteiger partial charge >= 0.3 is 0 Å². The number of ether oxygens (including phenoxy) is 1. The van der Waals surface area contributed by atoms with E-state index in [0.717, 1.165) is 12.8 Å². The number of aromatic hydroxyl groups is 1. The van der Waals surface area contributed by atoms with Crippen LogP contribution in [0.2, 0.25) is 0 Å². The number of phenolic OH excluding ortho intramolecular Hbond substituents is 1. The first kappa shape index (κ1) is 14.9. The Bertz CT molecular complexity index is 479. The smallest absolute Gasteiger partial charge is 0.251 e. The standard InChI is InChI=1S/C16H23NO3/c1-12-9-13(5-6-14(12)18)15(19)17-10-16(11-20-2)7-3-4-8-16/h5-6,9,18H,3-4,7-8,10-11H2,1-2H3,(H,17,19). The summed E-state index contributed by atoms with van der Waals surface area (Å²) in [5.74, 6) is 0.128. The maximum atomic E-state index is 12.2. The molecule has 1 aliphatic carbocycles. The quantitative estimate of drug-likeness (QED) is 0.870. The molecule has 1 aliphatic rings. The van der Waals surface area contributed by atoms with E-state index in [2.05, 4.69) is 5.32 Å². The number of aryl methyl sites for hydroxylation is 1. The van der Waals surface area contributed by atoms with Crippen molar-refractivity contribution in [3.63, 3.8) is 0 Å². The van der Waals surface area contributed by atoms with Crippen LogP contribution in [-0.4, -0.2) is 31.3 Å². The Kier molecular flexibility index (Phi) is 4.65. The number of carbonyl (C=O) groups excluding carboxylic acids is 1. The Morgan fingerprint density at radius 2 is 2.10 bits per heavy atom. The summed E-state index contributed by atoms with van der Waals surface area (Å²) in [4.78, 5) is 12.2. The van der Waals surface area contributed by atoms with Crippen molar-refractivity contribution in [2.75, 3.05) is 20.3 Å². The molecule has 0 radical (unpaired) electrons. The highest BCUT2D eigenvalue weighted by molar-refractivity contribution is 5.94. The van der Waals surface area contributed by atoms with Crippen LogP contribution in [0.15, 0.2) is 18.2 Å². The number of rotatable bonds is 5. The van der Waals surface area contributed by atoms with E-state index in [1.54, 1.807) is 32.2 Å². The molecule has 0 bridgehead atoms. The number of benzene rings is 1. The van der Waals surface area contributed by atoms with Crippen molar-refractivity contribution in [3.8, 4) is 5.75 Å². The molecule has 1 aromatic rings. The Labute approximate surface area is 120 Å². The highest BCUT2D eigenvalue weighted by Gasteiger charge is 2.34. The zero-order valence-electron chi connectivity index (χ0n) is 12.2. The summed E-state index contributed by atoms with van der Waals surface area (Å²) in [6.45, 7) is 3.14. The van der Waals surface area contributed by atoms with Gasteiger partial charge in [-0.1, -0.05) is 12.8 Å². The summed E-state index contributed by atoms with van der Waals surface area (Å²) in [5, 5.41) is 12.5. The monoisotopic (exact) mass is 277 g/mol. The molecule has 0 aliphatic heterocycles. The largest absolute Gasteiger partial charge is 0.508 e. The molecule has 1 amide bonds. The fraction of sp³-hybridized carbons (Fsp3) is 0.562. The molecule has 1 aromatic carbocycles. The van der Waals surface area contributed by atoms with Gasteiger partial charge < -0.3 is 15.2 Å². The van der Waals surface area contributed by atoms with E-state index in [0.29, 0.717) is 24.3 Å². The van der Waals surface area contributed by atoms with Crippen molar-refractivity contribution >= 4 is 5.91 Å². The van der Waals surface area contributed by atoms with Crippen LogP contribution in [0.4, 0.5) is 0 Å². The molecular weight excluding hydrogens is 254 g/mol. The second-order valence-corrected chi connectivity index (χ2v) is 5.82. The Morgan fingerprint density at radius 3 is 2.70 bits per heavy atom. The van der Waals surface area contributed by atoms with E-state index in [1.165, 1.54) is 12.8 Å². The first-order valence-corrected chi connectivity index (χ1v) is 7.13. The Hall–Kier alpha value is -1.55.